The van der Waals surface area contributed by atoms with E-state index >= 15 is 0 Å². The predicted molar refractivity (Wildman–Crippen MR) is 119 cm³/mol. The number of carbonyl (C=O) groups is 1. The van der Waals surface area contributed by atoms with E-state index < -0.39 is 0 Å². The van der Waals surface area contributed by atoms with E-state index in [0.29, 0.717) is 12.4 Å². The summed E-state index contributed by atoms with van der Waals surface area (Å²) in [6.07, 6.45) is 0. The van der Waals surface area contributed by atoms with Crippen LogP contribution in [-0.4, -0.2) is 24.2 Å². The first-order valence-corrected chi connectivity index (χ1v) is 10.00. The maximum atomic E-state index is 11.5. The number of aromatic nitrogens is 1. The number of carbonyl (C=O) groups excluding carboxylic acids is 1. The van der Waals surface area contributed by atoms with Crippen molar-refractivity contribution in [2.45, 2.75) is 13.8 Å². The first-order chi connectivity index (χ1) is 14.6. The molecule has 4 aromatic rings. The molecule has 0 aliphatic rings. The van der Waals surface area contributed by atoms with Crippen LogP contribution in [0.25, 0.3) is 33.3 Å². The molecular weight excluding hydrogens is 374 g/mol. The zero-order valence-corrected chi connectivity index (χ0v) is 17.1. The fourth-order valence-corrected chi connectivity index (χ4v) is 3.41. The van der Waals surface area contributed by atoms with Crippen LogP contribution in [0.5, 0.6) is 5.75 Å². The summed E-state index contributed by atoms with van der Waals surface area (Å²) >= 11 is 0. The van der Waals surface area contributed by atoms with Crippen LogP contribution in [-0.2, 0) is 9.53 Å². The molecule has 4 heteroatoms. The smallest absolute Gasteiger partial charge is 0.344 e. The largest absolute Gasteiger partial charge is 0.482 e. The van der Waals surface area contributed by atoms with Gasteiger partial charge in [0, 0.05) is 10.9 Å². The monoisotopic (exact) mass is 397 g/mol. The lowest BCUT2D eigenvalue weighted by atomic mass is 9.97. The standard InChI is InChI=1S/C26H23NO3/c1-3-29-26(28)17-30-21-12-10-20(11-13-21)24-16-23(19-7-5-4-6-8-19)22-14-9-18(2)15-25(22)27-24/h4-16H,3,17H2,1-2H3. The van der Waals surface area contributed by atoms with Gasteiger partial charge in [-0.2, -0.15) is 0 Å². The Balaban J connectivity index is 1.69. The van der Waals surface area contributed by atoms with Crippen molar-refractivity contribution in [2.24, 2.45) is 0 Å². The summed E-state index contributed by atoms with van der Waals surface area (Å²) in [6, 6.07) is 26.4. The highest BCUT2D eigenvalue weighted by atomic mass is 16.6. The van der Waals surface area contributed by atoms with Crippen LogP contribution >= 0.6 is 0 Å². The molecule has 0 radical (unpaired) electrons. The number of esters is 1. The van der Waals surface area contributed by atoms with Crippen LogP contribution in [0, 0.1) is 6.92 Å². The number of fused-ring (bicyclic) bond motifs is 1. The van der Waals surface area contributed by atoms with Gasteiger partial charge in [0.1, 0.15) is 5.75 Å². The Morgan fingerprint density at radius 2 is 1.67 bits per heavy atom. The van der Waals surface area contributed by atoms with Gasteiger partial charge in [-0.1, -0.05) is 42.5 Å². The van der Waals surface area contributed by atoms with Crippen molar-refractivity contribution in [1.29, 1.82) is 0 Å². The van der Waals surface area contributed by atoms with Crippen molar-refractivity contribution in [1.82, 2.24) is 4.98 Å². The highest BCUT2D eigenvalue weighted by Gasteiger charge is 2.10. The first kappa shape index (κ1) is 19.6. The molecule has 0 N–H and O–H groups in total. The molecule has 1 heterocycles. The molecule has 0 aliphatic heterocycles. The van der Waals surface area contributed by atoms with Gasteiger partial charge >= 0.3 is 5.97 Å². The van der Waals surface area contributed by atoms with Crippen LogP contribution in [0.3, 0.4) is 0 Å². The molecule has 0 saturated heterocycles. The van der Waals surface area contributed by atoms with E-state index in [0.717, 1.165) is 33.3 Å². The Hall–Kier alpha value is -3.66. The van der Waals surface area contributed by atoms with E-state index in [2.05, 4.69) is 43.3 Å². The lowest BCUT2D eigenvalue weighted by molar-refractivity contribution is -0.145. The molecule has 0 amide bonds. The Labute approximate surface area is 176 Å². The molecule has 0 saturated carbocycles. The van der Waals surface area contributed by atoms with Crippen molar-refractivity contribution in [3.05, 3.63) is 84.4 Å². The molecule has 0 bridgehead atoms. The van der Waals surface area contributed by atoms with Crippen LogP contribution in [0.15, 0.2) is 78.9 Å². The second-order valence-electron chi connectivity index (χ2n) is 7.06. The quantitative estimate of drug-likeness (QED) is 0.385. The maximum absolute atomic E-state index is 11.5. The number of hydrogen-bond acceptors (Lipinski definition) is 4. The summed E-state index contributed by atoms with van der Waals surface area (Å²) in [6.45, 7) is 4.09. The van der Waals surface area contributed by atoms with Gasteiger partial charge in [-0.15, -0.1) is 0 Å². The molecule has 0 atom stereocenters. The van der Waals surface area contributed by atoms with E-state index in [1.807, 2.05) is 42.5 Å². The predicted octanol–water partition coefficient (Wildman–Crippen LogP) is 5.82. The Kier molecular flexibility index (Phi) is 5.75. The van der Waals surface area contributed by atoms with Gasteiger partial charge in [0.15, 0.2) is 6.61 Å². The maximum Gasteiger partial charge on any atom is 0.344 e. The second-order valence-corrected chi connectivity index (χ2v) is 7.06. The molecule has 0 spiro atoms. The van der Waals surface area contributed by atoms with Crippen molar-refractivity contribution >= 4 is 16.9 Å². The number of hydrogen-bond donors (Lipinski definition) is 0. The Morgan fingerprint density at radius 3 is 2.40 bits per heavy atom. The minimum atomic E-state index is -0.374. The zero-order chi connectivity index (χ0) is 20.9. The van der Waals surface area contributed by atoms with Gasteiger partial charge in [-0.05, 0) is 66.9 Å². The SMILES string of the molecule is CCOC(=O)COc1ccc(-c2cc(-c3ccccc3)c3ccc(C)cc3n2)cc1. The summed E-state index contributed by atoms with van der Waals surface area (Å²) in [5, 5.41) is 1.13. The summed E-state index contributed by atoms with van der Waals surface area (Å²) < 4.78 is 10.4. The van der Waals surface area contributed by atoms with Crippen LogP contribution in [0.1, 0.15) is 12.5 Å². The molecule has 30 heavy (non-hydrogen) atoms. The summed E-state index contributed by atoms with van der Waals surface area (Å²) in [4.78, 5) is 16.4. The number of rotatable bonds is 6. The number of benzene rings is 3. The van der Waals surface area contributed by atoms with Gasteiger partial charge in [-0.3, -0.25) is 0 Å². The first-order valence-electron chi connectivity index (χ1n) is 10.00. The van der Waals surface area contributed by atoms with E-state index in [4.69, 9.17) is 14.5 Å². The molecule has 3 aromatic carbocycles. The molecule has 4 nitrogen and oxygen atoms in total. The molecule has 0 aliphatic carbocycles. The number of ether oxygens (including phenoxy) is 2. The summed E-state index contributed by atoms with van der Waals surface area (Å²) in [5.74, 6) is 0.243. The minimum absolute atomic E-state index is 0.0984. The fraction of sp³-hybridized carbons (Fsp3) is 0.154. The van der Waals surface area contributed by atoms with Gasteiger partial charge in [-0.25, -0.2) is 9.78 Å². The van der Waals surface area contributed by atoms with E-state index in [1.54, 1.807) is 6.92 Å². The average molecular weight is 397 g/mol. The van der Waals surface area contributed by atoms with Crippen molar-refractivity contribution in [2.75, 3.05) is 13.2 Å². The van der Waals surface area contributed by atoms with E-state index in [9.17, 15) is 4.79 Å². The normalized spacial score (nSPS) is 10.7. The molecule has 150 valence electrons. The lowest BCUT2D eigenvalue weighted by Gasteiger charge is -2.12. The van der Waals surface area contributed by atoms with Crippen LogP contribution in [0.2, 0.25) is 0 Å². The molecule has 1 aromatic heterocycles. The van der Waals surface area contributed by atoms with Gasteiger partial charge in [0.25, 0.3) is 0 Å². The number of aryl methyl sites for hydroxylation is 1. The summed E-state index contributed by atoms with van der Waals surface area (Å²) in [5.41, 5.74) is 6.33. The molecular formula is C26H23NO3. The Bertz CT molecular complexity index is 1170. The van der Waals surface area contributed by atoms with E-state index in [-0.39, 0.29) is 12.6 Å². The van der Waals surface area contributed by atoms with Crippen LogP contribution in [0.4, 0.5) is 0 Å². The molecule has 4 rings (SSSR count). The van der Waals surface area contributed by atoms with Gasteiger partial charge in [0.05, 0.1) is 17.8 Å². The van der Waals surface area contributed by atoms with Crippen LogP contribution < -0.4 is 4.74 Å². The Morgan fingerprint density at radius 1 is 0.900 bits per heavy atom. The number of pyridine rings is 1. The summed E-state index contributed by atoms with van der Waals surface area (Å²) in [7, 11) is 0. The second kappa shape index (κ2) is 8.78. The zero-order valence-electron chi connectivity index (χ0n) is 17.1. The third kappa shape index (κ3) is 4.33. The van der Waals surface area contributed by atoms with Gasteiger partial charge in [0.2, 0.25) is 0 Å². The highest BCUT2D eigenvalue weighted by Crippen LogP contribution is 2.33. The third-order valence-electron chi connectivity index (χ3n) is 4.86. The lowest BCUT2D eigenvalue weighted by Crippen LogP contribution is -2.14. The van der Waals surface area contributed by atoms with Crippen molar-refractivity contribution in [3.63, 3.8) is 0 Å². The highest BCUT2D eigenvalue weighted by molar-refractivity contribution is 5.97. The van der Waals surface area contributed by atoms with Gasteiger partial charge < -0.3 is 9.47 Å². The van der Waals surface area contributed by atoms with Crippen molar-refractivity contribution < 1.29 is 14.3 Å². The topological polar surface area (TPSA) is 48.4 Å². The molecule has 0 unspecified atom stereocenters. The van der Waals surface area contributed by atoms with E-state index in [1.165, 1.54) is 5.56 Å². The van der Waals surface area contributed by atoms with Crippen molar-refractivity contribution in [3.8, 4) is 28.1 Å². The fourth-order valence-electron chi connectivity index (χ4n) is 3.41. The number of nitrogens with zero attached hydrogens (tertiary/aromatic N) is 1. The minimum Gasteiger partial charge on any atom is -0.482 e. The molecule has 0 fully saturated rings. The third-order valence-corrected chi connectivity index (χ3v) is 4.86. The average Bonchev–Trinajstić information content (AvgIpc) is 2.78.